The zero-order chi connectivity index (χ0) is 19.3. The second kappa shape index (κ2) is 8.60. The summed E-state index contributed by atoms with van der Waals surface area (Å²) in [6, 6.07) is 11.8. The molecule has 1 saturated heterocycles. The molecule has 1 aliphatic heterocycles. The van der Waals surface area contributed by atoms with E-state index >= 15 is 0 Å². The van der Waals surface area contributed by atoms with Gasteiger partial charge in [-0.05, 0) is 36.8 Å². The molecule has 1 aromatic heterocycles. The molecule has 0 aliphatic carbocycles. The van der Waals surface area contributed by atoms with Crippen molar-refractivity contribution in [2.75, 3.05) is 30.8 Å². The number of rotatable bonds is 7. The number of methoxy groups -OCH3 is 1. The Hall–Kier alpha value is -1.61. The van der Waals surface area contributed by atoms with Gasteiger partial charge in [0.2, 0.25) is 10.0 Å². The van der Waals surface area contributed by atoms with Gasteiger partial charge in [0.05, 0.1) is 23.2 Å². The van der Waals surface area contributed by atoms with Crippen molar-refractivity contribution in [1.29, 1.82) is 0 Å². The fraction of sp³-hybridized carbons (Fsp3) is 0.421. The Morgan fingerprint density at radius 2 is 2.04 bits per heavy atom. The van der Waals surface area contributed by atoms with Gasteiger partial charge in [0.15, 0.2) is 0 Å². The van der Waals surface area contributed by atoms with Crippen LogP contribution in [0.2, 0.25) is 0 Å². The Morgan fingerprint density at radius 3 is 2.67 bits per heavy atom. The van der Waals surface area contributed by atoms with Crippen molar-refractivity contribution in [3.8, 4) is 0 Å². The molecule has 2 heterocycles. The molecule has 0 amide bonds. The van der Waals surface area contributed by atoms with Crippen LogP contribution in [0.25, 0.3) is 0 Å². The first-order valence-electron chi connectivity index (χ1n) is 8.84. The van der Waals surface area contributed by atoms with Gasteiger partial charge < -0.3 is 9.47 Å². The van der Waals surface area contributed by atoms with E-state index in [2.05, 4.69) is 21.8 Å². The van der Waals surface area contributed by atoms with E-state index in [1.807, 2.05) is 18.2 Å². The average molecular weight is 409 g/mol. The molecule has 1 aliphatic rings. The molecule has 0 saturated carbocycles. The van der Waals surface area contributed by atoms with Crippen LogP contribution in [0.3, 0.4) is 0 Å². The highest BCUT2D eigenvalue weighted by molar-refractivity contribution is 7.99. The van der Waals surface area contributed by atoms with Crippen molar-refractivity contribution < 1.29 is 17.9 Å². The molecule has 1 N–H and O–H groups in total. The zero-order valence-corrected chi connectivity index (χ0v) is 17.1. The second-order valence-electron chi connectivity index (χ2n) is 6.33. The minimum absolute atomic E-state index is 0.0303. The predicted molar refractivity (Wildman–Crippen MR) is 107 cm³/mol. The van der Waals surface area contributed by atoms with Crippen molar-refractivity contribution in [1.82, 2.24) is 4.98 Å². The third-order valence-corrected chi connectivity index (χ3v) is 6.91. The highest BCUT2D eigenvalue weighted by Gasteiger charge is 2.34. The Balaban J connectivity index is 1.74. The smallest absolute Gasteiger partial charge is 0.232 e. The van der Waals surface area contributed by atoms with E-state index in [-0.39, 0.29) is 11.4 Å². The standard InChI is InChI=1S/C19H24N2O4S2/c1-3-27(22,23)21-16-7-8-18(20-14-16)26-17-6-4-5-15(13-17)19(24-2)9-11-25-12-10-19/h4-8,13-14,21H,3,9-12H2,1-2H3. The van der Waals surface area contributed by atoms with Crippen LogP contribution in [-0.2, 0) is 25.1 Å². The van der Waals surface area contributed by atoms with Gasteiger partial charge in [0.1, 0.15) is 5.03 Å². The van der Waals surface area contributed by atoms with E-state index in [4.69, 9.17) is 9.47 Å². The summed E-state index contributed by atoms with van der Waals surface area (Å²) in [5.74, 6) is 0.0303. The lowest BCUT2D eigenvalue weighted by Crippen LogP contribution is -2.35. The Morgan fingerprint density at radius 1 is 1.26 bits per heavy atom. The van der Waals surface area contributed by atoms with Crippen LogP contribution in [0.15, 0.2) is 52.5 Å². The lowest BCUT2D eigenvalue weighted by Gasteiger charge is -2.36. The molecule has 0 atom stereocenters. The molecular weight excluding hydrogens is 384 g/mol. The number of hydrogen-bond donors (Lipinski definition) is 1. The van der Waals surface area contributed by atoms with Crippen LogP contribution >= 0.6 is 11.8 Å². The summed E-state index contributed by atoms with van der Waals surface area (Å²) < 4.78 is 37.1. The van der Waals surface area contributed by atoms with Gasteiger partial charge in [-0.3, -0.25) is 4.72 Å². The van der Waals surface area contributed by atoms with Crippen molar-refractivity contribution in [2.24, 2.45) is 0 Å². The van der Waals surface area contributed by atoms with E-state index in [0.717, 1.165) is 28.3 Å². The van der Waals surface area contributed by atoms with Crippen molar-refractivity contribution in [3.63, 3.8) is 0 Å². The third-order valence-electron chi connectivity index (χ3n) is 4.66. The highest BCUT2D eigenvalue weighted by Crippen LogP contribution is 2.38. The molecule has 146 valence electrons. The summed E-state index contributed by atoms with van der Waals surface area (Å²) in [6.45, 7) is 2.99. The lowest BCUT2D eigenvalue weighted by molar-refractivity contribution is -0.0948. The van der Waals surface area contributed by atoms with Crippen LogP contribution in [0.4, 0.5) is 5.69 Å². The number of hydrogen-bond acceptors (Lipinski definition) is 6. The molecular formula is C19H24N2O4S2. The third kappa shape index (κ3) is 5.01. The summed E-state index contributed by atoms with van der Waals surface area (Å²) >= 11 is 1.53. The number of sulfonamides is 1. The monoisotopic (exact) mass is 408 g/mol. The first-order valence-corrected chi connectivity index (χ1v) is 11.3. The van der Waals surface area contributed by atoms with Gasteiger partial charge in [-0.25, -0.2) is 13.4 Å². The summed E-state index contributed by atoms with van der Waals surface area (Å²) in [5.41, 5.74) is 1.31. The average Bonchev–Trinajstić information content (AvgIpc) is 2.70. The maximum Gasteiger partial charge on any atom is 0.232 e. The maximum atomic E-state index is 11.6. The summed E-state index contributed by atoms with van der Waals surface area (Å²) in [6.07, 6.45) is 3.21. The van der Waals surface area contributed by atoms with E-state index in [9.17, 15) is 8.42 Å². The molecule has 27 heavy (non-hydrogen) atoms. The van der Waals surface area contributed by atoms with Gasteiger partial charge in [0.25, 0.3) is 0 Å². The number of nitrogens with zero attached hydrogens (tertiary/aromatic N) is 1. The van der Waals surface area contributed by atoms with Crippen molar-refractivity contribution in [3.05, 3.63) is 48.2 Å². The molecule has 2 aromatic rings. The summed E-state index contributed by atoms with van der Waals surface area (Å²) in [4.78, 5) is 5.42. The lowest BCUT2D eigenvalue weighted by atomic mass is 9.86. The fourth-order valence-corrected chi connectivity index (χ4v) is 4.47. The van der Waals surface area contributed by atoms with Crippen molar-refractivity contribution >= 4 is 27.5 Å². The SMILES string of the molecule is CCS(=O)(=O)Nc1ccc(Sc2cccc(C3(OC)CCOCC3)c2)nc1. The maximum absolute atomic E-state index is 11.6. The molecule has 1 aromatic carbocycles. The first-order chi connectivity index (χ1) is 13.0. The van der Waals surface area contributed by atoms with Crippen LogP contribution in [0.1, 0.15) is 25.3 Å². The predicted octanol–water partition coefficient (Wildman–Crippen LogP) is 3.65. The fourth-order valence-electron chi connectivity index (χ4n) is 3.03. The van der Waals surface area contributed by atoms with Crippen LogP contribution in [-0.4, -0.2) is 39.5 Å². The van der Waals surface area contributed by atoms with Gasteiger partial charge in [-0.1, -0.05) is 23.9 Å². The van der Waals surface area contributed by atoms with E-state index < -0.39 is 10.0 Å². The number of aromatic nitrogens is 1. The van der Waals surface area contributed by atoms with Gasteiger partial charge in [-0.15, -0.1) is 0 Å². The van der Waals surface area contributed by atoms with Crippen LogP contribution in [0.5, 0.6) is 0 Å². The molecule has 3 rings (SSSR count). The van der Waals surface area contributed by atoms with E-state index in [1.54, 1.807) is 20.1 Å². The molecule has 0 unspecified atom stereocenters. The number of anilines is 1. The molecule has 0 spiro atoms. The van der Waals surface area contributed by atoms with Gasteiger partial charge in [0, 0.05) is 38.1 Å². The number of benzene rings is 1. The largest absolute Gasteiger partial charge is 0.381 e. The molecule has 1 fully saturated rings. The van der Waals surface area contributed by atoms with Gasteiger partial charge >= 0.3 is 0 Å². The van der Waals surface area contributed by atoms with E-state index in [0.29, 0.717) is 18.9 Å². The minimum Gasteiger partial charge on any atom is -0.381 e. The topological polar surface area (TPSA) is 77.5 Å². The summed E-state index contributed by atoms with van der Waals surface area (Å²) in [5, 5.41) is 0.796. The molecule has 0 bridgehead atoms. The van der Waals surface area contributed by atoms with E-state index in [1.165, 1.54) is 18.0 Å². The number of nitrogens with one attached hydrogen (secondary N) is 1. The quantitative estimate of drug-likeness (QED) is 0.754. The first kappa shape index (κ1) is 20.1. The Labute approximate surface area is 164 Å². The second-order valence-corrected chi connectivity index (χ2v) is 9.44. The summed E-state index contributed by atoms with van der Waals surface area (Å²) in [7, 11) is -1.54. The Kier molecular flexibility index (Phi) is 6.41. The van der Waals surface area contributed by atoms with Crippen LogP contribution < -0.4 is 4.72 Å². The molecule has 6 nitrogen and oxygen atoms in total. The normalized spacial score (nSPS) is 16.8. The molecule has 8 heteroatoms. The zero-order valence-electron chi connectivity index (χ0n) is 15.5. The molecule has 0 radical (unpaired) electrons. The Bertz CT molecular complexity index is 864. The minimum atomic E-state index is -3.29. The van der Waals surface area contributed by atoms with Gasteiger partial charge in [-0.2, -0.15) is 0 Å². The number of ether oxygens (including phenoxy) is 2. The number of pyridine rings is 1. The van der Waals surface area contributed by atoms with Crippen LogP contribution in [0, 0.1) is 0 Å². The highest BCUT2D eigenvalue weighted by atomic mass is 32.2. The van der Waals surface area contributed by atoms with Crippen molar-refractivity contribution in [2.45, 2.75) is 35.3 Å².